The Kier molecular flexibility index (Phi) is 3.81. The zero-order chi connectivity index (χ0) is 18.4. The van der Waals surface area contributed by atoms with Gasteiger partial charge in [0.05, 0.1) is 0 Å². The van der Waals surface area contributed by atoms with Crippen LogP contribution in [0.3, 0.4) is 0 Å². The molecular formula is C20H13ClN4OS. The molecule has 3 heterocycles. The summed E-state index contributed by atoms with van der Waals surface area (Å²) < 4.78 is 7.74. The SMILES string of the molecule is Cc1c(-c2nnc3sc(/C=C/c4ccccc4Cl)nn23)oc2ccccc12. The normalized spacial score (nSPS) is 11.9. The number of nitrogens with zero attached hydrogens (tertiary/aromatic N) is 4. The van der Waals surface area contributed by atoms with Gasteiger partial charge in [-0.05, 0) is 30.7 Å². The van der Waals surface area contributed by atoms with Crippen LogP contribution < -0.4 is 0 Å². The molecule has 0 amide bonds. The minimum Gasteiger partial charge on any atom is -0.452 e. The molecule has 0 radical (unpaired) electrons. The molecule has 0 aliphatic carbocycles. The standard InChI is InChI=1S/C20H13ClN4OS/c1-12-14-7-3-5-9-16(14)26-18(12)19-22-23-20-25(19)24-17(27-20)11-10-13-6-2-4-8-15(13)21/h2-11H,1H3/b11-10+. The first-order chi connectivity index (χ1) is 13.2. The Labute approximate surface area is 163 Å². The lowest BCUT2D eigenvalue weighted by molar-refractivity contribution is 0.619. The zero-order valence-electron chi connectivity index (χ0n) is 14.3. The summed E-state index contributed by atoms with van der Waals surface area (Å²) in [5, 5.41) is 15.7. The van der Waals surface area contributed by atoms with Gasteiger partial charge in [-0.25, -0.2) is 0 Å². The third-order valence-electron chi connectivity index (χ3n) is 4.36. The molecule has 27 heavy (non-hydrogen) atoms. The van der Waals surface area contributed by atoms with Crippen molar-refractivity contribution in [2.45, 2.75) is 6.92 Å². The Morgan fingerprint density at radius 3 is 2.70 bits per heavy atom. The van der Waals surface area contributed by atoms with E-state index in [9.17, 15) is 0 Å². The Hall–Kier alpha value is -2.96. The van der Waals surface area contributed by atoms with E-state index in [1.807, 2.05) is 67.6 Å². The Morgan fingerprint density at radius 2 is 1.85 bits per heavy atom. The van der Waals surface area contributed by atoms with E-state index in [2.05, 4.69) is 15.3 Å². The average Bonchev–Trinajstić information content (AvgIpc) is 3.34. The second-order valence-electron chi connectivity index (χ2n) is 6.07. The highest BCUT2D eigenvalue weighted by atomic mass is 35.5. The van der Waals surface area contributed by atoms with Crippen molar-refractivity contribution >= 4 is 51.0 Å². The third kappa shape index (κ3) is 2.74. The molecule has 0 aliphatic heterocycles. The van der Waals surface area contributed by atoms with Gasteiger partial charge in [-0.2, -0.15) is 9.61 Å². The molecule has 7 heteroatoms. The third-order valence-corrected chi connectivity index (χ3v) is 5.57. The fraction of sp³-hybridized carbons (Fsp3) is 0.0500. The number of benzene rings is 2. The molecule has 0 N–H and O–H groups in total. The van der Waals surface area contributed by atoms with E-state index in [1.54, 1.807) is 4.52 Å². The first-order valence-electron chi connectivity index (χ1n) is 8.34. The molecule has 5 aromatic rings. The Balaban J connectivity index is 1.57. The maximum atomic E-state index is 6.20. The number of aromatic nitrogens is 4. The molecular weight excluding hydrogens is 380 g/mol. The summed E-state index contributed by atoms with van der Waals surface area (Å²) in [5.74, 6) is 1.29. The van der Waals surface area contributed by atoms with Crippen LogP contribution in [-0.2, 0) is 0 Å². The quantitative estimate of drug-likeness (QED) is 0.393. The lowest BCUT2D eigenvalue weighted by atomic mass is 10.1. The van der Waals surface area contributed by atoms with E-state index in [0.717, 1.165) is 27.1 Å². The zero-order valence-corrected chi connectivity index (χ0v) is 15.8. The number of fused-ring (bicyclic) bond motifs is 2. The lowest BCUT2D eigenvalue weighted by Crippen LogP contribution is -1.90. The summed E-state index contributed by atoms with van der Waals surface area (Å²) in [7, 11) is 0. The van der Waals surface area contributed by atoms with E-state index in [0.29, 0.717) is 21.6 Å². The minimum absolute atomic E-state index is 0.604. The van der Waals surface area contributed by atoms with Crippen molar-refractivity contribution in [3.05, 3.63) is 69.7 Å². The summed E-state index contributed by atoms with van der Waals surface area (Å²) in [6, 6.07) is 15.6. The van der Waals surface area contributed by atoms with Gasteiger partial charge in [0.2, 0.25) is 10.8 Å². The molecule has 0 unspecified atom stereocenters. The van der Waals surface area contributed by atoms with Crippen LogP contribution >= 0.6 is 22.9 Å². The summed E-state index contributed by atoms with van der Waals surface area (Å²) in [6.07, 6.45) is 3.87. The molecule has 0 fully saturated rings. The van der Waals surface area contributed by atoms with Gasteiger partial charge in [0, 0.05) is 16.0 Å². The molecule has 5 nitrogen and oxygen atoms in total. The van der Waals surface area contributed by atoms with Crippen LogP contribution in [0.25, 0.3) is 39.7 Å². The molecule has 0 spiro atoms. The summed E-state index contributed by atoms with van der Waals surface area (Å²) in [4.78, 5) is 0.712. The van der Waals surface area contributed by atoms with Gasteiger partial charge in [0.1, 0.15) is 10.6 Å². The fourth-order valence-electron chi connectivity index (χ4n) is 3.00. The van der Waals surface area contributed by atoms with Crippen LogP contribution in [-0.4, -0.2) is 19.8 Å². The molecule has 5 rings (SSSR count). The maximum absolute atomic E-state index is 6.20. The summed E-state index contributed by atoms with van der Waals surface area (Å²) >= 11 is 7.66. The topological polar surface area (TPSA) is 56.2 Å². The van der Waals surface area contributed by atoms with Gasteiger partial charge in [-0.3, -0.25) is 0 Å². The van der Waals surface area contributed by atoms with Crippen LogP contribution in [0.4, 0.5) is 0 Å². The highest BCUT2D eigenvalue weighted by Crippen LogP contribution is 2.32. The van der Waals surface area contributed by atoms with Crippen LogP contribution in [0.1, 0.15) is 16.1 Å². The van der Waals surface area contributed by atoms with Gasteiger partial charge < -0.3 is 4.42 Å². The largest absolute Gasteiger partial charge is 0.452 e. The maximum Gasteiger partial charge on any atom is 0.235 e. The molecule has 132 valence electrons. The number of hydrogen-bond acceptors (Lipinski definition) is 5. The first kappa shape index (κ1) is 16.2. The van der Waals surface area contributed by atoms with E-state index < -0.39 is 0 Å². The first-order valence-corrected chi connectivity index (χ1v) is 9.53. The molecule has 0 aliphatic rings. The lowest BCUT2D eigenvalue weighted by Gasteiger charge is -1.95. The van der Waals surface area contributed by atoms with Crippen molar-refractivity contribution in [1.82, 2.24) is 19.8 Å². The smallest absolute Gasteiger partial charge is 0.235 e. The van der Waals surface area contributed by atoms with E-state index >= 15 is 0 Å². The van der Waals surface area contributed by atoms with Gasteiger partial charge >= 0.3 is 0 Å². The van der Waals surface area contributed by atoms with Crippen molar-refractivity contribution in [3.63, 3.8) is 0 Å². The molecule has 2 aromatic carbocycles. The minimum atomic E-state index is 0.604. The molecule has 0 saturated heterocycles. The summed E-state index contributed by atoms with van der Waals surface area (Å²) in [6.45, 7) is 2.02. The van der Waals surface area contributed by atoms with Gasteiger partial charge in [-0.1, -0.05) is 65.4 Å². The molecule has 0 saturated carbocycles. The van der Waals surface area contributed by atoms with Crippen molar-refractivity contribution in [1.29, 1.82) is 0 Å². The number of rotatable bonds is 3. The molecule has 0 bridgehead atoms. The average molecular weight is 393 g/mol. The second-order valence-corrected chi connectivity index (χ2v) is 7.46. The van der Waals surface area contributed by atoms with Crippen LogP contribution in [0, 0.1) is 6.92 Å². The van der Waals surface area contributed by atoms with E-state index in [4.69, 9.17) is 16.0 Å². The van der Waals surface area contributed by atoms with Gasteiger partial charge in [-0.15, -0.1) is 10.2 Å². The number of para-hydroxylation sites is 1. The molecule has 3 aromatic heterocycles. The van der Waals surface area contributed by atoms with Crippen LogP contribution in [0.15, 0.2) is 52.9 Å². The Bertz CT molecular complexity index is 1310. The number of furan rings is 1. The fourth-order valence-corrected chi connectivity index (χ4v) is 3.94. The van der Waals surface area contributed by atoms with Crippen molar-refractivity contribution in [2.75, 3.05) is 0 Å². The highest BCUT2D eigenvalue weighted by molar-refractivity contribution is 7.17. The summed E-state index contributed by atoms with van der Waals surface area (Å²) in [5.41, 5.74) is 2.80. The van der Waals surface area contributed by atoms with Gasteiger partial charge in [0.15, 0.2) is 5.76 Å². The van der Waals surface area contributed by atoms with Crippen molar-refractivity contribution in [3.8, 4) is 11.6 Å². The van der Waals surface area contributed by atoms with E-state index in [-0.39, 0.29) is 0 Å². The monoisotopic (exact) mass is 392 g/mol. The Morgan fingerprint density at radius 1 is 1.04 bits per heavy atom. The predicted molar refractivity (Wildman–Crippen MR) is 109 cm³/mol. The molecule has 0 atom stereocenters. The van der Waals surface area contributed by atoms with Crippen LogP contribution in [0.5, 0.6) is 0 Å². The highest BCUT2D eigenvalue weighted by Gasteiger charge is 2.19. The predicted octanol–water partition coefficient (Wildman–Crippen LogP) is 5.73. The number of aryl methyl sites for hydroxylation is 1. The van der Waals surface area contributed by atoms with Crippen LogP contribution in [0.2, 0.25) is 5.02 Å². The van der Waals surface area contributed by atoms with Gasteiger partial charge in [0.25, 0.3) is 0 Å². The number of hydrogen-bond donors (Lipinski definition) is 0. The van der Waals surface area contributed by atoms with Crippen molar-refractivity contribution < 1.29 is 4.42 Å². The second kappa shape index (κ2) is 6.33. The number of halogens is 1. The van der Waals surface area contributed by atoms with E-state index in [1.165, 1.54) is 11.3 Å². The van der Waals surface area contributed by atoms with Crippen molar-refractivity contribution in [2.24, 2.45) is 0 Å².